The molecule has 1 aromatic carbocycles. The summed E-state index contributed by atoms with van der Waals surface area (Å²) in [6.07, 6.45) is 16.4. The van der Waals surface area contributed by atoms with Crippen LogP contribution in [0.25, 0.3) is 0 Å². The predicted molar refractivity (Wildman–Crippen MR) is 136 cm³/mol. The molecule has 0 bridgehead atoms. The molecule has 0 aromatic heterocycles. The van der Waals surface area contributed by atoms with Crippen LogP contribution in [-0.2, 0) is 23.8 Å². The molecule has 1 aliphatic rings. The van der Waals surface area contributed by atoms with Crippen LogP contribution in [0.4, 0.5) is 5.69 Å². The molecular formula is C28H41NO6. The standard InChI is InChI=1S/C28H41NO6/c1-4-5-6-7-8-9-10-11-12-13-14-15-20-33-25(30)22-16-18-23(19-17-22)29-21-24-26(31)34-28(2,3)35-27(24)32/h16-19,21,29H,4-15,20H2,1-3H3. The van der Waals surface area contributed by atoms with E-state index in [4.69, 9.17) is 14.2 Å². The molecule has 1 N–H and O–H groups in total. The summed E-state index contributed by atoms with van der Waals surface area (Å²) in [5.41, 5.74) is 0.816. The molecule has 1 heterocycles. The summed E-state index contributed by atoms with van der Waals surface area (Å²) in [5.74, 6) is -3.14. The topological polar surface area (TPSA) is 90.9 Å². The van der Waals surface area contributed by atoms with Crippen LogP contribution in [0.1, 0.15) is 108 Å². The van der Waals surface area contributed by atoms with Crippen LogP contribution in [0.15, 0.2) is 36.0 Å². The Morgan fingerprint density at radius 2 is 1.31 bits per heavy atom. The van der Waals surface area contributed by atoms with Gasteiger partial charge < -0.3 is 19.5 Å². The van der Waals surface area contributed by atoms with Gasteiger partial charge in [0.1, 0.15) is 0 Å². The van der Waals surface area contributed by atoms with Crippen molar-refractivity contribution in [2.45, 2.75) is 104 Å². The first-order valence-electron chi connectivity index (χ1n) is 13.0. The van der Waals surface area contributed by atoms with Gasteiger partial charge >= 0.3 is 17.9 Å². The Hall–Kier alpha value is -2.83. The molecule has 7 nitrogen and oxygen atoms in total. The Morgan fingerprint density at radius 3 is 1.83 bits per heavy atom. The SMILES string of the molecule is CCCCCCCCCCCCCCOC(=O)c1ccc(NC=C2C(=O)OC(C)(C)OC2=O)cc1. The lowest BCUT2D eigenvalue weighted by Gasteiger charge is -2.29. The molecule has 194 valence electrons. The van der Waals surface area contributed by atoms with E-state index in [-0.39, 0.29) is 11.5 Å². The van der Waals surface area contributed by atoms with Gasteiger partial charge in [-0.1, -0.05) is 77.6 Å². The van der Waals surface area contributed by atoms with Crippen molar-refractivity contribution < 1.29 is 28.6 Å². The Bertz CT molecular complexity index is 822. The highest BCUT2D eigenvalue weighted by Gasteiger charge is 2.38. The number of carbonyl (C=O) groups is 3. The van der Waals surface area contributed by atoms with E-state index < -0.39 is 17.7 Å². The van der Waals surface area contributed by atoms with Gasteiger partial charge in [-0.05, 0) is 30.7 Å². The van der Waals surface area contributed by atoms with Crippen LogP contribution in [0.5, 0.6) is 0 Å². The molecule has 2 rings (SSSR count). The van der Waals surface area contributed by atoms with Crippen LogP contribution in [0.2, 0.25) is 0 Å². The third-order valence-electron chi connectivity index (χ3n) is 5.85. The third kappa shape index (κ3) is 11.0. The predicted octanol–water partition coefficient (Wildman–Crippen LogP) is 6.68. The average molecular weight is 488 g/mol. The van der Waals surface area contributed by atoms with Gasteiger partial charge in [0, 0.05) is 25.7 Å². The lowest BCUT2D eigenvalue weighted by atomic mass is 10.1. The summed E-state index contributed by atoms with van der Waals surface area (Å²) in [6, 6.07) is 6.60. The number of benzene rings is 1. The van der Waals surface area contributed by atoms with Gasteiger partial charge in [0.25, 0.3) is 5.79 Å². The molecule has 1 fully saturated rings. The van der Waals surface area contributed by atoms with Gasteiger partial charge in [0.15, 0.2) is 5.57 Å². The molecule has 1 aromatic rings. The van der Waals surface area contributed by atoms with Crippen molar-refractivity contribution in [3.8, 4) is 0 Å². The average Bonchev–Trinajstić information content (AvgIpc) is 2.81. The van der Waals surface area contributed by atoms with E-state index in [2.05, 4.69) is 12.2 Å². The molecule has 0 aliphatic carbocycles. The molecule has 0 saturated carbocycles. The van der Waals surface area contributed by atoms with E-state index in [0.717, 1.165) is 12.8 Å². The smallest absolute Gasteiger partial charge is 0.350 e. The van der Waals surface area contributed by atoms with E-state index in [1.54, 1.807) is 24.3 Å². The maximum absolute atomic E-state index is 12.2. The Labute approximate surface area is 209 Å². The van der Waals surface area contributed by atoms with Gasteiger partial charge in [-0.25, -0.2) is 14.4 Å². The van der Waals surface area contributed by atoms with Crippen molar-refractivity contribution in [1.29, 1.82) is 0 Å². The number of hydrogen-bond acceptors (Lipinski definition) is 7. The van der Waals surface area contributed by atoms with Crippen molar-refractivity contribution >= 4 is 23.6 Å². The minimum Gasteiger partial charge on any atom is -0.462 e. The second-order valence-corrected chi connectivity index (χ2v) is 9.48. The van der Waals surface area contributed by atoms with Gasteiger partial charge in [-0.2, -0.15) is 0 Å². The molecular weight excluding hydrogens is 446 g/mol. The second kappa shape index (κ2) is 15.2. The third-order valence-corrected chi connectivity index (χ3v) is 5.85. The fourth-order valence-corrected chi connectivity index (χ4v) is 3.83. The molecule has 0 unspecified atom stereocenters. The first-order chi connectivity index (χ1) is 16.8. The molecule has 1 saturated heterocycles. The van der Waals surface area contributed by atoms with Crippen LogP contribution >= 0.6 is 0 Å². The number of carbonyl (C=O) groups excluding carboxylic acids is 3. The van der Waals surface area contributed by atoms with E-state index in [9.17, 15) is 14.4 Å². The summed E-state index contributed by atoms with van der Waals surface area (Å²) in [7, 11) is 0. The van der Waals surface area contributed by atoms with Crippen molar-refractivity contribution in [1.82, 2.24) is 0 Å². The molecule has 0 atom stereocenters. The highest BCUT2D eigenvalue weighted by molar-refractivity contribution is 6.15. The number of ether oxygens (including phenoxy) is 3. The van der Waals surface area contributed by atoms with Crippen LogP contribution < -0.4 is 5.32 Å². The lowest BCUT2D eigenvalue weighted by Crippen LogP contribution is -2.42. The van der Waals surface area contributed by atoms with Crippen molar-refractivity contribution in [3.63, 3.8) is 0 Å². The molecule has 1 aliphatic heterocycles. The van der Waals surface area contributed by atoms with Crippen LogP contribution in [0.3, 0.4) is 0 Å². The molecule has 35 heavy (non-hydrogen) atoms. The van der Waals surface area contributed by atoms with Crippen LogP contribution in [0, 0.1) is 0 Å². The first kappa shape index (κ1) is 28.4. The molecule has 7 heteroatoms. The van der Waals surface area contributed by atoms with Gasteiger partial charge in [-0.15, -0.1) is 0 Å². The second-order valence-electron chi connectivity index (χ2n) is 9.48. The largest absolute Gasteiger partial charge is 0.462 e. The number of hydrogen-bond donors (Lipinski definition) is 1. The Kier molecular flexibility index (Phi) is 12.4. The van der Waals surface area contributed by atoms with Crippen molar-refractivity contribution in [2.75, 3.05) is 11.9 Å². The highest BCUT2D eigenvalue weighted by Crippen LogP contribution is 2.23. The van der Waals surface area contributed by atoms with Gasteiger partial charge in [0.05, 0.1) is 12.2 Å². The summed E-state index contributed by atoms with van der Waals surface area (Å²) in [4.78, 5) is 36.1. The molecule has 0 amide bonds. The van der Waals surface area contributed by atoms with Gasteiger partial charge in [0.2, 0.25) is 0 Å². The number of rotatable bonds is 16. The number of unbranched alkanes of at least 4 members (excludes halogenated alkanes) is 11. The minimum absolute atomic E-state index is 0.227. The normalized spacial score (nSPS) is 14.8. The maximum Gasteiger partial charge on any atom is 0.350 e. The molecule has 0 radical (unpaired) electrons. The van der Waals surface area contributed by atoms with Crippen molar-refractivity contribution in [3.05, 3.63) is 41.6 Å². The zero-order valence-corrected chi connectivity index (χ0v) is 21.5. The fraction of sp³-hybridized carbons (Fsp3) is 0.607. The minimum atomic E-state index is -1.28. The number of cyclic esters (lactones) is 2. The zero-order chi connectivity index (χ0) is 25.5. The summed E-state index contributed by atoms with van der Waals surface area (Å²) < 4.78 is 15.5. The first-order valence-corrected chi connectivity index (χ1v) is 13.0. The summed E-state index contributed by atoms with van der Waals surface area (Å²) in [6.45, 7) is 5.65. The Morgan fingerprint density at radius 1 is 0.829 bits per heavy atom. The van der Waals surface area contributed by atoms with E-state index >= 15 is 0 Å². The van der Waals surface area contributed by atoms with E-state index in [1.165, 1.54) is 84.3 Å². The fourth-order valence-electron chi connectivity index (χ4n) is 3.83. The monoisotopic (exact) mass is 487 g/mol. The van der Waals surface area contributed by atoms with E-state index in [0.29, 0.717) is 17.9 Å². The van der Waals surface area contributed by atoms with Gasteiger partial charge in [-0.3, -0.25) is 0 Å². The van der Waals surface area contributed by atoms with Crippen molar-refractivity contribution in [2.24, 2.45) is 0 Å². The van der Waals surface area contributed by atoms with E-state index in [1.807, 2.05) is 0 Å². The quantitative estimate of drug-likeness (QED) is 0.120. The van der Waals surface area contributed by atoms with Crippen LogP contribution in [-0.4, -0.2) is 30.3 Å². The summed E-state index contributed by atoms with van der Waals surface area (Å²) >= 11 is 0. The zero-order valence-electron chi connectivity index (χ0n) is 21.5. The highest BCUT2D eigenvalue weighted by atomic mass is 16.7. The summed E-state index contributed by atoms with van der Waals surface area (Å²) in [5, 5.41) is 2.85. The maximum atomic E-state index is 12.2. The Balaban J connectivity index is 1.58. The molecule has 0 spiro atoms. The number of nitrogens with one attached hydrogen (secondary N) is 1. The number of esters is 3. The number of anilines is 1. The lowest BCUT2D eigenvalue weighted by molar-refractivity contribution is -0.222.